The van der Waals surface area contributed by atoms with E-state index in [2.05, 4.69) is 25.0 Å². The first-order valence-electron chi connectivity index (χ1n) is 12.9. The van der Waals surface area contributed by atoms with Crippen LogP contribution in [0.2, 0.25) is 0 Å². The van der Waals surface area contributed by atoms with Crippen molar-refractivity contribution in [2.24, 2.45) is 4.99 Å². The van der Waals surface area contributed by atoms with Crippen LogP contribution in [-0.4, -0.2) is 65.4 Å². The molecule has 2 aliphatic heterocycles. The van der Waals surface area contributed by atoms with E-state index in [1.54, 1.807) is 20.8 Å². The Hall–Kier alpha value is -3.69. The molecule has 2 aromatic rings. The van der Waals surface area contributed by atoms with Crippen LogP contribution in [-0.2, 0) is 20.1 Å². The van der Waals surface area contributed by atoms with E-state index < -0.39 is 79.9 Å². The van der Waals surface area contributed by atoms with E-state index in [4.69, 9.17) is 4.74 Å². The van der Waals surface area contributed by atoms with Crippen LogP contribution in [0.1, 0.15) is 57.4 Å². The van der Waals surface area contributed by atoms with Crippen molar-refractivity contribution < 1.29 is 49.0 Å². The molecule has 9 nitrogen and oxygen atoms in total. The van der Waals surface area contributed by atoms with Crippen LogP contribution in [0.4, 0.5) is 31.1 Å². The van der Waals surface area contributed by atoms with Crippen molar-refractivity contribution in [3.63, 3.8) is 0 Å². The second-order valence-corrected chi connectivity index (χ2v) is 13.8. The smallest absolute Gasteiger partial charge is 0.422 e. The lowest BCUT2D eigenvalue weighted by atomic mass is 9.86. The van der Waals surface area contributed by atoms with Gasteiger partial charge in [0.2, 0.25) is 5.88 Å². The fraction of sp³-hybridized carbons (Fsp3) is 0.481. The van der Waals surface area contributed by atoms with Crippen LogP contribution in [0.5, 0.6) is 5.88 Å². The van der Waals surface area contributed by atoms with Crippen molar-refractivity contribution >= 4 is 33.7 Å². The van der Waals surface area contributed by atoms with Gasteiger partial charge in [0.25, 0.3) is 0 Å². The number of sulfone groups is 1. The molecule has 4 rings (SSSR count). The zero-order valence-electron chi connectivity index (χ0n) is 23.4. The number of aromatic nitrogens is 2. The summed E-state index contributed by atoms with van der Waals surface area (Å²) in [5.74, 6) is -2.89. The molecule has 43 heavy (non-hydrogen) atoms. The summed E-state index contributed by atoms with van der Waals surface area (Å²) in [6.45, 7) is 3.05. The number of fused-ring (bicyclic) bond motifs is 2. The summed E-state index contributed by atoms with van der Waals surface area (Å²) in [7, 11) is -4.38. The Balaban J connectivity index is 1.72. The van der Waals surface area contributed by atoms with E-state index in [1.807, 2.05) is 0 Å². The number of alkyl carbamates (subject to hydrolysis) is 1. The number of ether oxygens (including phenoxy) is 2. The SMILES string of the molecule is CC(C)(C)OC(=O)NC1=N[C@](C)(c2cc(/C=C(\F)c3cnc(OCC(F)(F)F)cn3)ccc2F)[C@@H]2CC[C@@]1(CF)S2(=O)=O. The van der Waals surface area contributed by atoms with Gasteiger partial charge in [-0.3, -0.25) is 10.3 Å². The molecule has 1 amide bonds. The van der Waals surface area contributed by atoms with Gasteiger partial charge < -0.3 is 9.47 Å². The highest BCUT2D eigenvalue weighted by Gasteiger charge is 2.66. The van der Waals surface area contributed by atoms with Crippen LogP contribution in [0.15, 0.2) is 35.6 Å². The van der Waals surface area contributed by atoms with E-state index in [-0.39, 0.29) is 29.7 Å². The van der Waals surface area contributed by atoms with Crippen molar-refractivity contribution in [3.05, 3.63) is 53.2 Å². The summed E-state index contributed by atoms with van der Waals surface area (Å²) < 4.78 is 117. The minimum Gasteiger partial charge on any atom is -0.467 e. The Morgan fingerprint density at radius 3 is 2.47 bits per heavy atom. The molecule has 234 valence electrons. The van der Waals surface area contributed by atoms with Gasteiger partial charge in [-0.15, -0.1) is 0 Å². The van der Waals surface area contributed by atoms with Crippen molar-refractivity contribution in [1.82, 2.24) is 15.3 Å². The molecule has 1 N–H and O–H groups in total. The third-order valence-electron chi connectivity index (χ3n) is 7.05. The summed E-state index contributed by atoms with van der Waals surface area (Å²) in [6, 6.07) is 3.32. The lowest BCUT2D eigenvalue weighted by Crippen LogP contribution is -2.61. The maximum Gasteiger partial charge on any atom is 0.422 e. The van der Waals surface area contributed by atoms with Crippen LogP contribution < -0.4 is 10.1 Å². The van der Waals surface area contributed by atoms with Gasteiger partial charge in [0.05, 0.1) is 17.6 Å². The number of hydrogen-bond donors (Lipinski definition) is 1. The number of nitrogens with zero attached hydrogens (tertiary/aromatic N) is 3. The Bertz CT molecular complexity index is 1570. The van der Waals surface area contributed by atoms with Crippen molar-refractivity contribution in [2.45, 2.75) is 67.8 Å². The van der Waals surface area contributed by atoms with Crippen LogP contribution in [0, 0.1) is 5.82 Å². The van der Waals surface area contributed by atoms with Gasteiger partial charge in [0.15, 0.2) is 27.0 Å². The maximum absolute atomic E-state index is 15.3. The standard InChI is InChI=1S/C27H28F6N4O5S/c1-24(2,3)42-23(38)36-22-26(13-28)8-7-20(43(26,39)40)25(4,37-22)16-9-15(5-6-17(16)29)10-18(30)19-11-35-21(12-34-19)41-14-27(31,32)33/h5-6,9-12,20H,7-8,13-14H2,1-4H3,(H,36,37,38)/b18-10-/t20-,25+,26-/m0/s1. The number of hydrogen-bond acceptors (Lipinski definition) is 8. The van der Waals surface area contributed by atoms with Gasteiger partial charge in [-0.1, -0.05) is 6.07 Å². The predicted molar refractivity (Wildman–Crippen MR) is 144 cm³/mol. The van der Waals surface area contributed by atoms with Crippen LogP contribution in [0.25, 0.3) is 11.9 Å². The van der Waals surface area contributed by atoms with Gasteiger partial charge in [-0.2, -0.15) is 13.2 Å². The monoisotopic (exact) mass is 634 g/mol. The molecule has 2 aliphatic rings. The molecule has 3 atom stereocenters. The first-order valence-corrected chi connectivity index (χ1v) is 14.4. The molecule has 1 aromatic carbocycles. The third kappa shape index (κ3) is 6.33. The number of amides is 1. The average molecular weight is 635 g/mol. The van der Waals surface area contributed by atoms with E-state index in [0.717, 1.165) is 30.6 Å². The van der Waals surface area contributed by atoms with E-state index in [0.29, 0.717) is 0 Å². The number of aliphatic imine (C=N–C) groups is 1. The molecule has 2 bridgehead atoms. The lowest BCUT2D eigenvalue weighted by molar-refractivity contribution is -0.154. The topological polar surface area (TPSA) is 120 Å². The number of alkyl halides is 4. The summed E-state index contributed by atoms with van der Waals surface area (Å²) in [5.41, 5.74) is -3.42. The second-order valence-electron chi connectivity index (χ2n) is 11.3. The number of rotatable bonds is 6. The molecule has 0 spiro atoms. The minimum atomic E-state index is -4.61. The molecule has 0 unspecified atom stereocenters. The minimum absolute atomic E-state index is 0.0453. The van der Waals surface area contributed by atoms with Gasteiger partial charge in [-0.25, -0.2) is 36.4 Å². The highest BCUT2D eigenvalue weighted by Crippen LogP contribution is 2.52. The van der Waals surface area contributed by atoms with Crippen molar-refractivity contribution in [2.75, 3.05) is 13.3 Å². The molecule has 0 saturated carbocycles. The molecule has 1 aromatic heterocycles. The highest BCUT2D eigenvalue weighted by atomic mass is 32.2. The molecule has 1 fully saturated rings. The van der Waals surface area contributed by atoms with Crippen molar-refractivity contribution in [3.8, 4) is 5.88 Å². The first-order chi connectivity index (χ1) is 19.8. The first kappa shape index (κ1) is 32.2. The van der Waals surface area contributed by atoms with Gasteiger partial charge in [0, 0.05) is 5.56 Å². The number of halogens is 6. The summed E-state index contributed by atoms with van der Waals surface area (Å²) in [5, 5.41) is 0.905. The molecular weight excluding hydrogens is 606 g/mol. The number of carbonyl (C=O) groups is 1. The van der Waals surface area contributed by atoms with Gasteiger partial charge in [-0.05, 0) is 64.3 Å². The van der Waals surface area contributed by atoms with Gasteiger partial charge in [0.1, 0.15) is 35.2 Å². The normalized spacial score (nSPS) is 25.2. The fourth-order valence-electron chi connectivity index (χ4n) is 5.07. The van der Waals surface area contributed by atoms with E-state index in [1.165, 1.54) is 13.0 Å². The number of nitrogens with one attached hydrogen (secondary N) is 1. The summed E-state index contributed by atoms with van der Waals surface area (Å²) in [6.07, 6.45) is -3.45. The number of amidine groups is 1. The molecule has 0 aliphatic carbocycles. The van der Waals surface area contributed by atoms with E-state index in [9.17, 15) is 30.8 Å². The maximum atomic E-state index is 15.3. The zero-order valence-corrected chi connectivity index (χ0v) is 24.2. The Morgan fingerprint density at radius 1 is 1.19 bits per heavy atom. The largest absolute Gasteiger partial charge is 0.467 e. The highest BCUT2D eigenvalue weighted by molar-refractivity contribution is 7.94. The van der Waals surface area contributed by atoms with E-state index >= 15 is 8.78 Å². The average Bonchev–Trinajstić information content (AvgIpc) is 3.09. The Kier molecular flexibility index (Phi) is 8.32. The third-order valence-corrected chi connectivity index (χ3v) is 10.1. The quantitative estimate of drug-likeness (QED) is 0.419. The zero-order chi connectivity index (χ0) is 32.0. The Labute approximate surface area is 243 Å². The lowest BCUT2D eigenvalue weighted by Gasteiger charge is -2.40. The molecular formula is C27H28F6N4O5S. The molecule has 3 heterocycles. The summed E-state index contributed by atoms with van der Waals surface area (Å²) >= 11 is 0. The number of carbonyl (C=O) groups excluding carboxylic acids is 1. The molecule has 0 radical (unpaired) electrons. The molecule has 16 heteroatoms. The second kappa shape index (κ2) is 11.1. The Morgan fingerprint density at radius 2 is 1.88 bits per heavy atom. The van der Waals surface area contributed by atoms with Crippen LogP contribution in [0.3, 0.4) is 0 Å². The number of benzene rings is 1. The van der Waals surface area contributed by atoms with Crippen LogP contribution >= 0.6 is 0 Å². The predicted octanol–water partition coefficient (Wildman–Crippen LogP) is 5.46. The summed E-state index contributed by atoms with van der Waals surface area (Å²) in [4.78, 5) is 24.3. The molecule has 1 saturated heterocycles. The fourth-order valence-corrected chi connectivity index (χ4v) is 7.75. The van der Waals surface area contributed by atoms with Crippen molar-refractivity contribution in [1.29, 1.82) is 0 Å². The van der Waals surface area contributed by atoms with Gasteiger partial charge >= 0.3 is 12.3 Å².